The predicted molar refractivity (Wildman–Crippen MR) is 87.5 cm³/mol. The van der Waals surface area contributed by atoms with E-state index in [4.69, 9.17) is 4.74 Å². The van der Waals surface area contributed by atoms with E-state index < -0.39 is 0 Å². The molecule has 21 heavy (non-hydrogen) atoms. The van der Waals surface area contributed by atoms with Gasteiger partial charge in [0.05, 0.1) is 13.7 Å². The number of ether oxygens (including phenoxy) is 1. The Morgan fingerprint density at radius 3 is 2.67 bits per heavy atom. The van der Waals surface area contributed by atoms with Crippen LogP contribution in [0.25, 0.3) is 0 Å². The molecule has 0 atom stereocenters. The minimum absolute atomic E-state index is 0.0576. The van der Waals surface area contributed by atoms with Crippen LogP contribution in [0.3, 0.4) is 0 Å². The average molecular weight is 349 g/mol. The zero-order chi connectivity index (χ0) is 15.1. The van der Waals surface area contributed by atoms with Gasteiger partial charge in [-0.3, -0.25) is 4.79 Å². The van der Waals surface area contributed by atoms with Crippen molar-refractivity contribution in [3.63, 3.8) is 0 Å². The molecule has 0 saturated heterocycles. The molecule has 0 aromatic heterocycles. The van der Waals surface area contributed by atoms with Crippen molar-refractivity contribution in [2.45, 2.75) is 6.54 Å². The first kappa shape index (κ1) is 15.4. The van der Waals surface area contributed by atoms with Gasteiger partial charge in [-0.2, -0.15) is 0 Å². The van der Waals surface area contributed by atoms with Gasteiger partial charge >= 0.3 is 0 Å². The van der Waals surface area contributed by atoms with E-state index in [1.165, 1.54) is 0 Å². The summed E-state index contributed by atoms with van der Waals surface area (Å²) in [5, 5.41) is 5.94. The number of amides is 1. The largest absolute Gasteiger partial charge is 0.497 e. The van der Waals surface area contributed by atoms with Gasteiger partial charge in [0, 0.05) is 22.8 Å². The molecule has 0 aliphatic heterocycles. The highest BCUT2D eigenvalue weighted by molar-refractivity contribution is 9.10. The Labute approximate surface area is 132 Å². The first-order chi connectivity index (χ1) is 10.2. The molecule has 110 valence electrons. The number of rotatable bonds is 6. The van der Waals surface area contributed by atoms with Gasteiger partial charge in [0.15, 0.2) is 0 Å². The SMILES string of the molecule is COc1cc(Br)cc(NCC(=O)NCc2ccccc2)c1. The fourth-order valence-corrected chi connectivity index (χ4v) is 2.30. The van der Waals surface area contributed by atoms with Crippen molar-refractivity contribution >= 4 is 27.5 Å². The number of anilines is 1. The molecule has 0 heterocycles. The molecule has 0 aliphatic carbocycles. The maximum absolute atomic E-state index is 11.8. The third-order valence-corrected chi connectivity index (χ3v) is 3.35. The Hall–Kier alpha value is -2.01. The molecule has 0 saturated carbocycles. The molecule has 0 aliphatic rings. The number of hydrogen-bond acceptors (Lipinski definition) is 3. The molecule has 2 rings (SSSR count). The summed E-state index contributed by atoms with van der Waals surface area (Å²) < 4.78 is 6.07. The zero-order valence-electron chi connectivity index (χ0n) is 11.7. The third-order valence-electron chi connectivity index (χ3n) is 2.89. The predicted octanol–water partition coefficient (Wildman–Crippen LogP) is 3.19. The molecule has 5 heteroatoms. The van der Waals surface area contributed by atoms with Gasteiger partial charge < -0.3 is 15.4 Å². The molecular weight excluding hydrogens is 332 g/mol. The minimum atomic E-state index is -0.0576. The summed E-state index contributed by atoms with van der Waals surface area (Å²) in [6.45, 7) is 0.746. The summed E-state index contributed by atoms with van der Waals surface area (Å²) in [6.07, 6.45) is 0. The number of methoxy groups -OCH3 is 1. The van der Waals surface area contributed by atoms with Crippen molar-refractivity contribution < 1.29 is 9.53 Å². The molecule has 2 aromatic carbocycles. The molecule has 4 nitrogen and oxygen atoms in total. The second-order valence-corrected chi connectivity index (χ2v) is 5.41. The number of carbonyl (C=O) groups is 1. The van der Waals surface area contributed by atoms with Gasteiger partial charge in [-0.1, -0.05) is 46.3 Å². The maximum Gasteiger partial charge on any atom is 0.239 e. The first-order valence-electron chi connectivity index (χ1n) is 6.56. The van der Waals surface area contributed by atoms with E-state index in [0.29, 0.717) is 6.54 Å². The van der Waals surface area contributed by atoms with E-state index in [-0.39, 0.29) is 12.5 Å². The normalized spacial score (nSPS) is 10.0. The molecule has 0 radical (unpaired) electrons. The first-order valence-corrected chi connectivity index (χ1v) is 7.36. The second kappa shape index (κ2) is 7.69. The summed E-state index contributed by atoms with van der Waals surface area (Å²) in [6, 6.07) is 15.4. The third kappa shape index (κ3) is 5.11. The Morgan fingerprint density at radius 2 is 1.95 bits per heavy atom. The van der Waals surface area contributed by atoms with Crippen molar-refractivity contribution in [3.05, 3.63) is 58.6 Å². The van der Waals surface area contributed by atoms with Crippen molar-refractivity contribution in [1.29, 1.82) is 0 Å². The summed E-state index contributed by atoms with van der Waals surface area (Å²) >= 11 is 3.40. The lowest BCUT2D eigenvalue weighted by Gasteiger charge is -2.10. The van der Waals surface area contributed by atoms with Gasteiger partial charge in [-0.25, -0.2) is 0 Å². The molecule has 0 bridgehead atoms. The Bertz CT molecular complexity index is 602. The average Bonchev–Trinajstić information content (AvgIpc) is 2.51. The fraction of sp³-hybridized carbons (Fsp3) is 0.188. The van der Waals surface area contributed by atoms with E-state index in [0.717, 1.165) is 21.5 Å². The zero-order valence-corrected chi connectivity index (χ0v) is 13.3. The van der Waals surface area contributed by atoms with Crippen LogP contribution in [-0.4, -0.2) is 19.6 Å². The molecule has 0 fully saturated rings. The van der Waals surface area contributed by atoms with E-state index in [2.05, 4.69) is 26.6 Å². The lowest BCUT2D eigenvalue weighted by molar-refractivity contribution is -0.119. The van der Waals surface area contributed by atoms with Gasteiger partial charge in [0.1, 0.15) is 5.75 Å². The molecule has 2 aromatic rings. The minimum Gasteiger partial charge on any atom is -0.497 e. The van der Waals surface area contributed by atoms with Gasteiger partial charge in [0.25, 0.3) is 0 Å². The van der Waals surface area contributed by atoms with Crippen molar-refractivity contribution in [2.24, 2.45) is 0 Å². The number of benzene rings is 2. The van der Waals surface area contributed by atoms with Crippen LogP contribution >= 0.6 is 15.9 Å². The van der Waals surface area contributed by atoms with Crippen molar-refractivity contribution in [1.82, 2.24) is 5.32 Å². The molecule has 1 amide bonds. The molecule has 2 N–H and O–H groups in total. The quantitative estimate of drug-likeness (QED) is 0.842. The van der Waals surface area contributed by atoms with Gasteiger partial charge in [-0.15, -0.1) is 0 Å². The number of hydrogen-bond donors (Lipinski definition) is 2. The topological polar surface area (TPSA) is 50.4 Å². The highest BCUT2D eigenvalue weighted by atomic mass is 79.9. The van der Waals surface area contributed by atoms with Crippen LogP contribution in [0.1, 0.15) is 5.56 Å². The Morgan fingerprint density at radius 1 is 1.19 bits per heavy atom. The van der Waals surface area contributed by atoms with Crippen molar-refractivity contribution in [2.75, 3.05) is 19.0 Å². The second-order valence-electron chi connectivity index (χ2n) is 4.50. The van der Waals surface area contributed by atoms with Crippen LogP contribution in [0.5, 0.6) is 5.75 Å². The molecular formula is C16H17BrN2O2. The summed E-state index contributed by atoms with van der Waals surface area (Å²) in [5.41, 5.74) is 1.91. The van der Waals surface area contributed by atoms with Crippen LogP contribution in [-0.2, 0) is 11.3 Å². The highest BCUT2D eigenvalue weighted by Crippen LogP contribution is 2.24. The van der Waals surface area contributed by atoms with Gasteiger partial charge in [-0.05, 0) is 17.7 Å². The summed E-state index contributed by atoms with van der Waals surface area (Å²) in [5.74, 6) is 0.675. The standard InChI is InChI=1S/C16H17BrN2O2/c1-21-15-8-13(17)7-14(9-15)18-11-16(20)19-10-12-5-3-2-4-6-12/h2-9,18H,10-11H2,1H3,(H,19,20). The van der Waals surface area contributed by atoms with E-state index in [1.807, 2.05) is 48.5 Å². The van der Waals surface area contributed by atoms with Crippen LogP contribution in [0.15, 0.2) is 53.0 Å². The molecule has 0 unspecified atom stereocenters. The maximum atomic E-state index is 11.8. The number of carbonyl (C=O) groups excluding carboxylic acids is 1. The fourth-order valence-electron chi connectivity index (χ4n) is 1.82. The summed E-state index contributed by atoms with van der Waals surface area (Å²) in [7, 11) is 1.61. The Kier molecular flexibility index (Phi) is 5.63. The monoisotopic (exact) mass is 348 g/mol. The van der Waals surface area contributed by atoms with Crippen LogP contribution in [0, 0.1) is 0 Å². The van der Waals surface area contributed by atoms with Crippen LogP contribution in [0.2, 0.25) is 0 Å². The van der Waals surface area contributed by atoms with Gasteiger partial charge in [0.2, 0.25) is 5.91 Å². The number of halogens is 1. The van der Waals surface area contributed by atoms with E-state index in [9.17, 15) is 4.79 Å². The molecule has 0 spiro atoms. The smallest absolute Gasteiger partial charge is 0.239 e. The number of nitrogens with one attached hydrogen (secondary N) is 2. The lowest BCUT2D eigenvalue weighted by Crippen LogP contribution is -2.29. The summed E-state index contributed by atoms with van der Waals surface area (Å²) in [4.78, 5) is 11.8. The van der Waals surface area contributed by atoms with Crippen molar-refractivity contribution in [3.8, 4) is 5.75 Å². The van der Waals surface area contributed by atoms with Crippen LogP contribution in [0.4, 0.5) is 5.69 Å². The lowest BCUT2D eigenvalue weighted by atomic mass is 10.2. The van der Waals surface area contributed by atoms with Crippen LogP contribution < -0.4 is 15.4 Å². The van der Waals surface area contributed by atoms with E-state index in [1.54, 1.807) is 7.11 Å². The van der Waals surface area contributed by atoms with E-state index >= 15 is 0 Å². The highest BCUT2D eigenvalue weighted by Gasteiger charge is 2.03. The Balaban J connectivity index is 1.82.